The number of thioether (sulfide) groups is 1. The summed E-state index contributed by atoms with van der Waals surface area (Å²) in [6.45, 7) is 1.85. The Hall–Kier alpha value is -0.970. The van der Waals surface area contributed by atoms with Crippen molar-refractivity contribution in [1.29, 1.82) is 0 Å². The van der Waals surface area contributed by atoms with Crippen molar-refractivity contribution in [3.8, 4) is 0 Å². The van der Waals surface area contributed by atoms with Gasteiger partial charge in [0.25, 0.3) is 5.91 Å². The second kappa shape index (κ2) is 4.04. The zero-order chi connectivity index (χ0) is 9.97. The van der Waals surface area contributed by atoms with Crippen molar-refractivity contribution in [3.63, 3.8) is 0 Å². The molecule has 1 amide bonds. The molecule has 0 radical (unpaired) electrons. The van der Waals surface area contributed by atoms with E-state index in [1.54, 1.807) is 6.20 Å². The van der Waals surface area contributed by atoms with Crippen LogP contribution in [-0.4, -0.2) is 33.7 Å². The highest BCUT2D eigenvalue weighted by atomic mass is 32.2. The molecule has 5 heteroatoms. The fourth-order valence-electron chi connectivity index (χ4n) is 1.49. The van der Waals surface area contributed by atoms with Crippen LogP contribution in [0.1, 0.15) is 22.5 Å². The van der Waals surface area contributed by atoms with Gasteiger partial charge in [-0.25, -0.2) is 0 Å². The fourth-order valence-corrected chi connectivity index (χ4v) is 2.64. The summed E-state index contributed by atoms with van der Waals surface area (Å²) in [4.78, 5) is 11.7. The van der Waals surface area contributed by atoms with E-state index in [1.165, 1.54) is 0 Å². The van der Waals surface area contributed by atoms with Gasteiger partial charge in [-0.1, -0.05) is 0 Å². The Kier molecular flexibility index (Phi) is 2.77. The highest BCUT2D eigenvalue weighted by Crippen LogP contribution is 2.17. The van der Waals surface area contributed by atoms with Crippen LogP contribution in [0.3, 0.4) is 0 Å². The fraction of sp³-hybridized carbons (Fsp3) is 0.556. The van der Waals surface area contributed by atoms with E-state index >= 15 is 0 Å². The van der Waals surface area contributed by atoms with Crippen LogP contribution in [0.25, 0.3) is 0 Å². The molecule has 1 aliphatic heterocycles. The van der Waals surface area contributed by atoms with Crippen molar-refractivity contribution in [2.24, 2.45) is 0 Å². The number of amides is 1. The van der Waals surface area contributed by atoms with E-state index in [0.717, 1.165) is 23.6 Å². The Morgan fingerprint density at radius 1 is 1.79 bits per heavy atom. The third kappa shape index (κ3) is 1.92. The van der Waals surface area contributed by atoms with Crippen molar-refractivity contribution in [1.82, 2.24) is 15.5 Å². The molecule has 2 heterocycles. The zero-order valence-corrected chi connectivity index (χ0v) is 8.86. The standard InChI is InChI=1S/C9H13N3OS/c1-6-8(4-10-12-6)9(13)11-7-2-3-14-5-7/h4,7H,2-3,5H2,1H3,(H,10,12)(H,11,13). The van der Waals surface area contributed by atoms with Crippen LogP contribution in [0, 0.1) is 6.92 Å². The minimum Gasteiger partial charge on any atom is -0.348 e. The molecule has 14 heavy (non-hydrogen) atoms. The van der Waals surface area contributed by atoms with Gasteiger partial charge in [0.2, 0.25) is 0 Å². The second-order valence-corrected chi connectivity index (χ2v) is 4.59. The van der Waals surface area contributed by atoms with E-state index in [4.69, 9.17) is 0 Å². The number of hydrogen-bond acceptors (Lipinski definition) is 3. The third-order valence-corrected chi connectivity index (χ3v) is 3.50. The van der Waals surface area contributed by atoms with Crippen LogP contribution < -0.4 is 5.32 Å². The molecule has 0 aliphatic carbocycles. The van der Waals surface area contributed by atoms with Gasteiger partial charge in [-0.3, -0.25) is 9.89 Å². The van der Waals surface area contributed by atoms with Gasteiger partial charge in [-0.05, 0) is 19.1 Å². The second-order valence-electron chi connectivity index (χ2n) is 3.44. The first kappa shape index (κ1) is 9.58. The van der Waals surface area contributed by atoms with E-state index in [9.17, 15) is 4.79 Å². The molecule has 1 aliphatic rings. The molecule has 2 rings (SSSR count). The molecule has 76 valence electrons. The molecule has 2 N–H and O–H groups in total. The van der Waals surface area contributed by atoms with Crippen LogP contribution in [0.15, 0.2) is 6.20 Å². The van der Waals surface area contributed by atoms with Crippen molar-refractivity contribution in [2.75, 3.05) is 11.5 Å². The van der Waals surface area contributed by atoms with Crippen LogP contribution in [0.2, 0.25) is 0 Å². The molecular formula is C9H13N3OS. The Morgan fingerprint density at radius 3 is 3.21 bits per heavy atom. The largest absolute Gasteiger partial charge is 0.348 e. The molecule has 1 aromatic rings. The van der Waals surface area contributed by atoms with Crippen molar-refractivity contribution < 1.29 is 4.79 Å². The average molecular weight is 211 g/mol. The number of nitrogens with zero attached hydrogens (tertiary/aromatic N) is 1. The minimum atomic E-state index is -0.0104. The SMILES string of the molecule is Cc1[nH]ncc1C(=O)NC1CCSC1. The molecule has 0 aromatic carbocycles. The lowest BCUT2D eigenvalue weighted by Crippen LogP contribution is -2.34. The quantitative estimate of drug-likeness (QED) is 0.766. The number of aryl methyl sites for hydroxylation is 1. The van der Waals surface area contributed by atoms with Gasteiger partial charge in [0.1, 0.15) is 0 Å². The maximum Gasteiger partial charge on any atom is 0.254 e. The lowest BCUT2D eigenvalue weighted by molar-refractivity contribution is 0.0940. The topological polar surface area (TPSA) is 57.8 Å². The van der Waals surface area contributed by atoms with E-state index < -0.39 is 0 Å². The van der Waals surface area contributed by atoms with Gasteiger partial charge in [0, 0.05) is 17.5 Å². The Bertz CT molecular complexity index is 331. The number of H-pyrrole nitrogens is 1. The average Bonchev–Trinajstić information content (AvgIpc) is 2.75. The van der Waals surface area contributed by atoms with E-state index in [0.29, 0.717) is 11.6 Å². The number of aromatic nitrogens is 2. The molecule has 1 atom stereocenters. The molecule has 1 unspecified atom stereocenters. The van der Waals surface area contributed by atoms with Crippen LogP contribution in [0.4, 0.5) is 0 Å². The maximum absolute atomic E-state index is 11.7. The number of rotatable bonds is 2. The summed E-state index contributed by atoms with van der Waals surface area (Å²) in [6.07, 6.45) is 2.65. The first-order valence-electron chi connectivity index (χ1n) is 4.66. The molecule has 4 nitrogen and oxygen atoms in total. The van der Waals surface area contributed by atoms with Crippen molar-refractivity contribution in [3.05, 3.63) is 17.5 Å². The summed E-state index contributed by atoms with van der Waals surface area (Å²) < 4.78 is 0. The predicted molar refractivity (Wildman–Crippen MR) is 56.5 cm³/mol. The van der Waals surface area contributed by atoms with Gasteiger partial charge in [-0.15, -0.1) is 0 Å². The first-order valence-corrected chi connectivity index (χ1v) is 5.81. The zero-order valence-electron chi connectivity index (χ0n) is 8.04. The number of hydrogen-bond donors (Lipinski definition) is 2. The lowest BCUT2D eigenvalue weighted by atomic mass is 10.2. The summed E-state index contributed by atoms with van der Waals surface area (Å²) >= 11 is 1.89. The first-order chi connectivity index (χ1) is 6.77. The summed E-state index contributed by atoms with van der Waals surface area (Å²) in [6, 6.07) is 0.335. The third-order valence-electron chi connectivity index (χ3n) is 2.34. The van der Waals surface area contributed by atoms with E-state index in [1.807, 2.05) is 18.7 Å². The van der Waals surface area contributed by atoms with Crippen molar-refractivity contribution in [2.45, 2.75) is 19.4 Å². The molecule has 0 saturated carbocycles. The van der Waals surface area contributed by atoms with Crippen LogP contribution in [-0.2, 0) is 0 Å². The summed E-state index contributed by atoms with van der Waals surface area (Å²) in [5.41, 5.74) is 1.48. The monoisotopic (exact) mass is 211 g/mol. The Morgan fingerprint density at radius 2 is 2.64 bits per heavy atom. The molecule has 1 fully saturated rings. The number of nitrogens with one attached hydrogen (secondary N) is 2. The maximum atomic E-state index is 11.7. The molecule has 0 spiro atoms. The number of carbonyl (C=O) groups excluding carboxylic acids is 1. The van der Waals surface area contributed by atoms with Gasteiger partial charge in [0.15, 0.2) is 0 Å². The molecule has 0 bridgehead atoms. The Balaban J connectivity index is 1.98. The number of carbonyl (C=O) groups is 1. The van der Waals surface area contributed by atoms with Crippen molar-refractivity contribution >= 4 is 17.7 Å². The Labute approximate surface area is 86.8 Å². The summed E-state index contributed by atoms with van der Waals surface area (Å²) in [7, 11) is 0. The highest BCUT2D eigenvalue weighted by molar-refractivity contribution is 7.99. The van der Waals surface area contributed by atoms with Gasteiger partial charge in [0.05, 0.1) is 11.8 Å². The van der Waals surface area contributed by atoms with E-state index in [-0.39, 0.29) is 5.91 Å². The van der Waals surface area contributed by atoms with Crippen LogP contribution in [0.5, 0.6) is 0 Å². The summed E-state index contributed by atoms with van der Waals surface area (Å²) in [5, 5.41) is 9.59. The smallest absolute Gasteiger partial charge is 0.254 e. The van der Waals surface area contributed by atoms with E-state index in [2.05, 4.69) is 15.5 Å². The minimum absolute atomic E-state index is 0.0104. The lowest BCUT2D eigenvalue weighted by Gasteiger charge is -2.10. The van der Waals surface area contributed by atoms with Crippen LogP contribution >= 0.6 is 11.8 Å². The predicted octanol–water partition coefficient (Wildman–Crippen LogP) is 0.953. The van der Waals surface area contributed by atoms with Gasteiger partial charge >= 0.3 is 0 Å². The molecular weight excluding hydrogens is 198 g/mol. The molecule has 1 aromatic heterocycles. The normalized spacial score (nSPS) is 21.1. The van der Waals surface area contributed by atoms with Gasteiger partial charge < -0.3 is 5.32 Å². The summed E-state index contributed by atoms with van der Waals surface area (Å²) in [5.74, 6) is 2.17. The molecule has 1 saturated heterocycles. The highest BCUT2D eigenvalue weighted by Gasteiger charge is 2.19. The number of aromatic amines is 1. The van der Waals surface area contributed by atoms with Gasteiger partial charge in [-0.2, -0.15) is 16.9 Å².